The van der Waals surface area contributed by atoms with Crippen molar-refractivity contribution in [1.82, 2.24) is 10.3 Å². The summed E-state index contributed by atoms with van der Waals surface area (Å²) >= 11 is 0. The van der Waals surface area contributed by atoms with Crippen LogP contribution in [0.25, 0.3) is 6.08 Å². The largest absolute Gasteiger partial charge is 0.418 e. The summed E-state index contributed by atoms with van der Waals surface area (Å²) in [6.45, 7) is 1.88. The van der Waals surface area contributed by atoms with Gasteiger partial charge in [-0.3, -0.25) is 9.78 Å². The zero-order chi connectivity index (χ0) is 20.4. The van der Waals surface area contributed by atoms with E-state index < -0.39 is 11.7 Å². The normalized spacial score (nSPS) is 23.3. The molecule has 1 saturated carbocycles. The second kappa shape index (κ2) is 7.89. The van der Waals surface area contributed by atoms with E-state index in [9.17, 15) is 18.0 Å². The summed E-state index contributed by atoms with van der Waals surface area (Å²) < 4.78 is 39.7. The summed E-state index contributed by atoms with van der Waals surface area (Å²) in [4.78, 5) is 17.7. The van der Waals surface area contributed by atoms with Crippen molar-refractivity contribution in [2.45, 2.75) is 12.6 Å². The third-order valence-corrected chi connectivity index (χ3v) is 5.81. The quantitative estimate of drug-likeness (QED) is 0.745. The van der Waals surface area contributed by atoms with Crippen molar-refractivity contribution in [3.05, 3.63) is 66.0 Å². The number of aromatic nitrogens is 1. The zero-order valence-corrected chi connectivity index (χ0v) is 15.8. The standard InChI is InChI=1S/C22H22F3N3O/c23-22(24,25)19-5-1-2-6-20(19)28-13-17-16(18(17)14-28)9-11-27-21(29)8-7-15-4-3-10-26-12-15/h1-8,10,12,16-18H,9,11,13-14H2,(H,27,29)/b8-7+/t16-,17-,18+. The minimum atomic E-state index is -4.34. The van der Waals surface area contributed by atoms with Gasteiger partial charge in [-0.2, -0.15) is 13.2 Å². The molecule has 7 heteroatoms. The number of hydrogen-bond acceptors (Lipinski definition) is 3. The molecule has 152 valence electrons. The Hall–Kier alpha value is -2.83. The molecule has 4 nitrogen and oxygen atoms in total. The summed E-state index contributed by atoms with van der Waals surface area (Å²) in [7, 11) is 0. The smallest absolute Gasteiger partial charge is 0.370 e. The third kappa shape index (κ3) is 4.44. The highest BCUT2D eigenvalue weighted by Crippen LogP contribution is 2.55. The maximum absolute atomic E-state index is 13.2. The summed E-state index contributed by atoms with van der Waals surface area (Å²) in [6, 6.07) is 9.45. The fourth-order valence-corrected chi connectivity index (χ4v) is 4.33. The summed E-state index contributed by atoms with van der Waals surface area (Å²) in [6.07, 6.45) is 3.07. The van der Waals surface area contributed by atoms with Crippen molar-refractivity contribution in [3.8, 4) is 0 Å². The average molecular weight is 401 g/mol. The number of halogens is 3. The van der Waals surface area contributed by atoms with E-state index in [2.05, 4.69) is 10.3 Å². The number of carbonyl (C=O) groups is 1. The lowest BCUT2D eigenvalue weighted by Gasteiger charge is -2.25. The molecule has 1 aromatic heterocycles. The van der Waals surface area contributed by atoms with Crippen molar-refractivity contribution in [2.24, 2.45) is 17.8 Å². The van der Waals surface area contributed by atoms with Gasteiger partial charge in [0, 0.05) is 43.8 Å². The van der Waals surface area contributed by atoms with Gasteiger partial charge in [-0.25, -0.2) is 0 Å². The molecule has 1 N–H and O–H groups in total. The number of rotatable bonds is 6. The van der Waals surface area contributed by atoms with Crippen LogP contribution in [0.2, 0.25) is 0 Å². The highest BCUT2D eigenvalue weighted by atomic mass is 19.4. The van der Waals surface area contributed by atoms with E-state index in [1.165, 1.54) is 12.1 Å². The maximum atomic E-state index is 13.2. The van der Waals surface area contributed by atoms with Crippen molar-refractivity contribution >= 4 is 17.7 Å². The van der Waals surface area contributed by atoms with Crippen LogP contribution in [0.1, 0.15) is 17.5 Å². The molecule has 0 unspecified atom stereocenters. The summed E-state index contributed by atoms with van der Waals surface area (Å²) in [5.74, 6) is 1.16. The first-order valence-corrected chi connectivity index (χ1v) is 9.70. The molecule has 0 spiro atoms. The van der Waals surface area contributed by atoms with Gasteiger partial charge in [0.1, 0.15) is 0 Å². The molecule has 2 fully saturated rings. The molecule has 1 aromatic carbocycles. The molecule has 3 atom stereocenters. The Labute approximate surface area is 167 Å². The van der Waals surface area contributed by atoms with Crippen molar-refractivity contribution in [3.63, 3.8) is 0 Å². The predicted octanol–water partition coefficient (Wildman–Crippen LogP) is 4.00. The van der Waals surface area contributed by atoms with Gasteiger partial charge in [-0.05, 0) is 54.0 Å². The Bertz CT molecular complexity index is 886. The molecule has 1 saturated heterocycles. The number of amides is 1. The summed E-state index contributed by atoms with van der Waals surface area (Å²) in [5.41, 5.74) is 0.573. The molecule has 1 aliphatic heterocycles. The highest BCUT2D eigenvalue weighted by molar-refractivity contribution is 5.91. The van der Waals surface area contributed by atoms with E-state index in [0.29, 0.717) is 37.4 Å². The monoisotopic (exact) mass is 401 g/mol. The number of anilines is 1. The number of piperidine rings is 1. The number of para-hydroxylation sites is 1. The number of alkyl halides is 3. The Balaban J connectivity index is 1.23. The first kappa shape index (κ1) is 19.5. The van der Waals surface area contributed by atoms with Crippen LogP contribution in [-0.2, 0) is 11.0 Å². The van der Waals surface area contributed by atoms with Crippen LogP contribution in [0.3, 0.4) is 0 Å². The van der Waals surface area contributed by atoms with Gasteiger partial charge in [0.05, 0.1) is 5.56 Å². The van der Waals surface area contributed by atoms with Gasteiger partial charge in [0.25, 0.3) is 0 Å². The fourth-order valence-electron chi connectivity index (χ4n) is 4.33. The second-order valence-corrected chi connectivity index (χ2v) is 7.61. The molecule has 4 rings (SSSR count). The number of hydrogen-bond donors (Lipinski definition) is 1. The van der Waals surface area contributed by atoms with Crippen LogP contribution in [0.15, 0.2) is 54.9 Å². The molecule has 2 heterocycles. The van der Waals surface area contributed by atoms with Gasteiger partial charge in [0.2, 0.25) is 5.91 Å². The molecule has 0 radical (unpaired) electrons. The Morgan fingerprint density at radius 2 is 1.93 bits per heavy atom. The Kier molecular flexibility index (Phi) is 5.30. The number of fused-ring (bicyclic) bond motifs is 1. The molecular formula is C22H22F3N3O. The van der Waals surface area contributed by atoms with E-state index >= 15 is 0 Å². The lowest BCUT2D eigenvalue weighted by Crippen LogP contribution is -2.28. The average Bonchev–Trinajstić information content (AvgIpc) is 3.15. The van der Waals surface area contributed by atoms with Gasteiger partial charge >= 0.3 is 6.18 Å². The lowest BCUT2D eigenvalue weighted by molar-refractivity contribution is -0.137. The highest BCUT2D eigenvalue weighted by Gasteiger charge is 2.55. The van der Waals surface area contributed by atoms with Crippen LogP contribution >= 0.6 is 0 Å². The van der Waals surface area contributed by atoms with Crippen molar-refractivity contribution in [1.29, 1.82) is 0 Å². The molecule has 2 aliphatic rings. The minimum Gasteiger partial charge on any atom is -0.370 e. The fraction of sp³-hybridized carbons (Fsp3) is 0.364. The van der Waals surface area contributed by atoms with Crippen LogP contribution in [0, 0.1) is 17.8 Å². The van der Waals surface area contributed by atoms with E-state index in [0.717, 1.165) is 18.1 Å². The Morgan fingerprint density at radius 3 is 2.62 bits per heavy atom. The van der Waals surface area contributed by atoms with Crippen LogP contribution in [0.5, 0.6) is 0 Å². The molecule has 0 bridgehead atoms. The minimum absolute atomic E-state index is 0.152. The molecule has 1 amide bonds. The van der Waals surface area contributed by atoms with Gasteiger partial charge in [0.15, 0.2) is 0 Å². The van der Waals surface area contributed by atoms with Crippen LogP contribution in [0.4, 0.5) is 18.9 Å². The van der Waals surface area contributed by atoms with Gasteiger partial charge in [-0.1, -0.05) is 18.2 Å². The number of benzene rings is 1. The molecular weight excluding hydrogens is 379 g/mol. The molecule has 29 heavy (non-hydrogen) atoms. The molecule has 1 aliphatic carbocycles. The number of nitrogens with zero attached hydrogens (tertiary/aromatic N) is 2. The predicted molar refractivity (Wildman–Crippen MR) is 105 cm³/mol. The second-order valence-electron chi connectivity index (χ2n) is 7.61. The van der Waals surface area contributed by atoms with Gasteiger partial charge < -0.3 is 10.2 Å². The van der Waals surface area contributed by atoms with Crippen LogP contribution < -0.4 is 10.2 Å². The first-order valence-electron chi connectivity index (χ1n) is 9.70. The third-order valence-electron chi connectivity index (χ3n) is 5.81. The van der Waals surface area contributed by atoms with E-state index in [1.807, 2.05) is 11.0 Å². The lowest BCUT2D eigenvalue weighted by atomic mass is 10.1. The maximum Gasteiger partial charge on any atom is 0.418 e. The number of carbonyl (C=O) groups excluding carboxylic acids is 1. The van der Waals surface area contributed by atoms with E-state index in [4.69, 9.17) is 0 Å². The van der Waals surface area contributed by atoms with Crippen molar-refractivity contribution in [2.75, 3.05) is 24.5 Å². The SMILES string of the molecule is O=C(/C=C/c1cccnc1)NCC[C@@H]1[C@H]2CN(c3ccccc3C(F)(F)F)C[C@@H]12. The topological polar surface area (TPSA) is 45.2 Å². The van der Waals surface area contributed by atoms with E-state index in [-0.39, 0.29) is 11.6 Å². The Morgan fingerprint density at radius 1 is 1.17 bits per heavy atom. The van der Waals surface area contributed by atoms with E-state index in [1.54, 1.807) is 36.7 Å². The number of pyridine rings is 1. The first-order chi connectivity index (χ1) is 13.9. The molecule has 2 aromatic rings. The van der Waals surface area contributed by atoms with Gasteiger partial charge in [-0.15, -0.1) is 0 Å². The van der Waals surface area contributed by atoms with Crippen molar-refractivity contribution < 1.29 is 18.0 Å². The zero-order valence-electron chi connectivity index (χ0n) is 15.8. The number of nitrogens with one attached hydrogen (secondary N) is 1. The summed E-state index contributed by atoms with van der Waals surface area (Å²) in [5, 5.41) is 2.88. The van der Waals surface area contributed by atoms with Crippen LogP contribution in [-0.4, -0.2) is 30.5 Å².